The van der Waals surface area contributed by atoms with Gasteiger partial charge in [0.05, 0.1) is 11.6 Å². The second kappa shape index (κ2) is 3.10. The molecule has 0 radical (unpaired) electrons. The van der Waals surface area contributed by atoms with Crippen molar-refractivity contribution in [2.75, 3.05) is 10.8 Å². The lowest BCUT2D eigenvalue weighted by Gasteiger charge is -2.15. The van der Waals surface area contributed by atoms with Crippen LogP contribution in [0.3, 0.4) is 0 Å². The highest BCUT2D eigenvalue weighted by Crippen LogP contribution is 2.30. The fourth-order valence-corrected chi connectivity index (χ4v) is 2.46. The van der Waals surface area contributed by atoms with E-state index in [0.29, 0.717) is 0 Å². The molecule has 0 amide bonds. The van der Waals surface area contributed by atoms with Crippen LogP contribution in [-0.2, 0) is 0 Å². The predicted octanol–water partition coefficient (Wildman–Crippen LogP) is 3.15. The van der Waals surface area contributed by atoms with Crippen LogP contribution in [0.5, 0.6) is 0 Å². The van der Waals surface area contributed by atoms with E-state index in [1.165, 1.54) is 16.6 Å². The third-order valence-electron chi connectivity index (χ3n) is 2.43. The summed E-state index contributed by atoms with van der Waals surface area (Å²) in [6.07, 6.45) is 4.12. The van der Waals surface area contributed by atoms with Crippen LogP contribution in [0.15, 0.2) is 42.1 Å². The van der Waals surface area contributed by atoms with Crippen molar-refractivity contribution in [3.05, 3.63) is 42.1 Å². The van der Waals surface area contributed by atoms with Gasteiger partial charge < -0.3 is 9.88 Å². The molecule has 70 valence electrons. The number of benzene rings is 1. The topological polar surface area (TPSA) is 19.0 Å². The van der Waals surface area contributed by atoms with E-state index in [4.69, 9.17) is 0 Å². The fraction of sp³-hybridized carbons (Fsp3) is 0.0909. The van der Waals surface area contributed by atoms with Crippen molar-refractivity contribution in [2.24, 2.45) is 0 Å². The molecule has 1 N–H and O–H groups in total. The number of fused-ring (bicyclic) bond motifs is 1. The molecule has 1 aliphatic rings. The van der Waals surface area contributed by atoms with Crippen LogP contribution >= 0.6 is 11.8 Å². The van der Waals surface area contributed by atoms with Crippen LogP contribution in [0, 0.1) is 0 Å². The monoisotopic (exact) mass is 202 g/mol. The summed E-state index contributed by atoms with van der Waals surface area (Å²) in [6.45, 7) is 0. The molecule has 1 aliphatic heterocycles. The highest BCUT2D eigenvalue weighted by Gasteiger charge is 2.10. The maximum atomic E-state index is 3.23. The zero-order chi connectivity index (χ0) is 9.38. The smallest absolute Gasteiger partial charge is 0.0723 e. The molecule has 0 unspecified atom stereocenters. The Kier molecular flexibility index (Phi) is 1.77. The summed E-state index contributed by atoms with van der Waals surface area (Å²) in [5, 5.41) is 3.42. The van der Waals surface area contributed by atoms with E-state index >= 15 is 0 Å². The normalized spacial score (nSPS) is 15.6. The van der Waals surface area contributed by atoms with Gasteiger partial charge in [-0.05, 0) is 23.6 Å². The second-order valence-electron chi connectivity index (χ2n) is 3.27. The highest BCUT2D eigenvalue weighted by molar-refractivity contribution is 8.02. The van der Waals surface area contributed by atoms with Gasteiger partial charge >= 0.3 is 0 Å². The number of aromatic nitrogens is 1. The third kappa shape index (κ3) is 1.13. The number of hydrogen-bond donors (Lipinski definition) is 1. The number of aromatic amines is 1. The predicted molar refractivity (Wildman–Crippen MR) is 62.4 cm³/mol. The Morgan fingerprint density at radius 3 is 3.14 bits per heavy atom. The number of H-pyrrole nitrogens is 1. The van der Waals surface area contributed by atoms with Gasteiger partial charge in [-0.1, -0.05) is 6.07 Å². The van der Waals surface area contributed by atoms with Gasteiger partial charge in [-0.25, -0.2) is 0 Å². The lowest BCUT2D eigenvalue weighted by molar-refractivity contribution is 1.20. The van der Waals surface area contributed by atoms with Crippen LogP contribution in [0.2, 0.25) is 0 Å². The lowest BCUT2D eigenvalue weighted by atomic mass is 10.2. The minimum atomic E-state index is 1.02. The molecule has 0 bridgehead atoms. The van der Waals surface area contributed by atoms with Crippen LogP contribution in [0.4, 0.5) is 5.69 Å². The Labute approximate surface area is 86.6 Å². The van der Waals surface area contributed by atoms with E-state index in [9.17, 15) is 0 Å². The molecule has 0 aliphatic carbocycles. The maximum absolute atomic E-state index is 3.23. The van der Waals surface area contributed by atoms with E-state index in [-0.39, 0.29) is 0 Å². The van der Waals surface area contributed by atoms with Gasteiger partial charge in [0.25, 0.3) is 0 Å². The molecule has 0 fully saturated rings. The number of rotatable bonds is 1. The molecular formula is C11H10N2S. The molecule has 2 nitrogen and oxygen atoms in total. The Morgan fingerprint density at radius 2 is 2.29 bits per heavy atom. The first kappa shape index (κ1) is 8.00. The van der Waals surface area contributed by atoms with E-state index in [1.807, 2.05) is 18.0 Å². The minimum absolute atomic E-state index is 1.02. The van der Waals surface area contributed by atoms with E-state index in [0.717, 1.165) is 5.88 Å². The van der Waals surface area contributed by atoms with Gasteiger partial charge in [0.15, 0.2) is 0 Å². The van der Waals surface area contributed by atoms with Crippen molar-refractivity contribution in [3.63, 3.8) is 0 Å². The number of hydrogen-bond acceptors (Lipinski definition) is 2. The largest absolute Gasteiger partial charge is 0.361 e. The summed E-state index contributed by atoms with van der Waals surface area (Å²) in [5.74, 6) is 1.02. The molecule has 1 aromatic carbocycles. The molecule has 3 heteroatoms. The Morgan fingerprint density at radius 1 is 1.29 bits per heavy atom. The SMILES string of the molecule is C1=CN(c2cccc3[nH]ccc23)CS1. The van der Waals surface area contributed by atoms with Crippen LogP contribution in [-0.4, -0.2) is 10.9 Å². The van der Waals surface area contributed by atoms with Gasteiger partial charge in [0, 0.05) is 23.3 Å². The van der Waals surface area contributed by atoms with Crippen molar-refractivity contribution in [2.45, 2.75) is 0 Å². The molecule has 2 heterocycles. The number of nitrogens with one attached hydrogen (secondary N) is 1. The molecule has 2 aromatic rings. The number of nitrogens with zero attached hydrogens (tertiary/aromatic N) is 1. The summed E-state index contributed by atoms with van der Waals surface area (Å²) >= 11 is 1.82. The summed E-state index contributed by atoms with van der Waals surface area (Å²) < 4.78 is 0. The molecule has 0 saturated carbocycles. The van der Waals surface area contributed by atoms with Crippen molar-refractivity contribution in [3.8, 4) is 0 Å². The maximum Gasteiger partial charge on any atom is 0.0723 e. The van der Waals surface area contributed by atoms with E-state index in [2.05, 4.69) is 45.8 Å². The highest BCUT2D eigenvalue weighted by atomic mass is 32.2. The number of thioether (sulfide) groups is 1. The van der Waals surface area contributed by atoms with Gasteiger partial charge in [-0.2, -0.15) is 0 Å². The molecule has 0 atom stereocenters. The zero-order valence-electron chi connectivity index (χ0n) is 7.60. The average molecular weight is 202 g/mol. The Balaban J connectivity index is 2.19. The standard InChI is InChI=1S/C11H10N2S/c1-2-10-9(4-5-12-10)11(3-1)13-6-7-14-8-13/h1-7,12H,8H2. The summed E-state index contributed by atoms with van der Waals surface area (Å²) in [6, 6.07) is 8.48. The van der Waals surface area contributed by atoms with E-state index < -0.39 is 0 Å². The first-order chi connectivity index (χ1) is 6.95. The number of anilines is 1. The van der Waals surface area contributed by atoms with Crippen molar-refractivity contribution in [1.29, 1.82) is 0 Å². The molecular weight excluding hydrogens is 192 g/mol. The van der Waals surface area contributed by atoms with Crippen molar-refractivity contribution < 1.29 is 0 Å². The zero-order valence-corrected chi connectivity index (χ0v) is 8.42. The van der Waals surface area contributed by atoms with E-state index in [1.54, 1.807) is 0 Å². The summed E-state index contributed by atoms with van der Waals surface area (Å²) in [7, 11) is 0. The molecule has 3 rings (SSSR count). The van der Waals surface area contributed by atoms with Crippen LogP contribution in [0.25, 0.3) is 10.9 Å². The van der Waals surface area contributed by atoms with Crippen LogP contribution < -0.4 is 4.90 Å². The lowest BCUT2D eigenvalue weighted by Crippen LogP contribution is -2.10. The molecule has 0 spiro atoms. The van der Waals surface area contributed by atoms with Crippen molar-refractivity contribution >= 4 is 28.4 Å². The molecule has 14 heavy (non-hydrogen) atoms. The second-order valence-corrected chi connectivity index (χ2v) is 4.13. The average Bonchev–Trinajstić information content (AvgIpc) is 2.88. The summed E-state index contributed by atoms with van der Waals surface area (Å²) in [4.78, 5) is 5.49. The van der Waals surface area contributed by atoms with Gasteiger partial charge in [0.1, 0.15) is 0 Å². The quantitative estimate of drug-likeness (QED) is 0.766. The van der Waals surface area contributed by atoms with Crippen LogP contribution in [0.1, 0.15) is 0 Å². The minimum Gasteiger partial charge on any atom is -0.361 e. The Bertz CT molecular complexity index is 487. The first-order valence-electron chi connectivity index (χ1n) is 4.56. The molecule has 1 aromatic heterocycles. The van der Waals surface area contributed by atoms with Crippen molar-refractivity contribution in [1.82, 2.24) is 4.98 Å². The fourth-order valence-electron chi connectivity index (χ4n) is 1.75. The molecule has 0 saturated heterocycles. The van der Waals surface area contributed by atoms with Gasteiger partial charge in [-0.15, -0.1) is 11.8 Å². The summed E-state index contributed by atoms with van der Waals surface area (Å²) in [5.41, 5.74) is 2.48. The first-order valence-corrected chi connectivity index (χ1v) is 5.61. The van der Waals surface area contributed by atoms with Gasteiger partial charge in [-0.3, -0.25) is 0 Å². The van der Waals surface area contributed by atoms with Gasteiger partial charge in [0.2, 0.25) is 0 Å². The Hall–Kier alpha value is -1.35. The third-order valence-corrected chi connectivity index (χ3v) is 3.17.